The molecule has 0 aromatic carbocycles. The van der Waals surface area contributed by atoms with Gasteiger partial charge in [0.2, 0.25) is 5.95 Å². The number of hydrogen-bond donors (Lipinski definition) is 3. The van der Waals surface area contributed by atoms with Crippen molar-refractivity contribution >= 4 is 25.4 Å². The number of nitrogen functional groups attached to an aromatic ring is 1. The lowest BCUT2D eigenvalue weighted by Gasteiger charge is -2.13. The van der Waals surface area contributed by atoms with Crippen LogP contribution in [-0.4, -0.2) is 48.3 Å². The largest absolute Gasteiger partial charge is 0.694 e. The Morgan fingerprint density at radius 2 is 2.38 bits per heavy atom. The lowest BCUT2D eigenvalue weighted by Crippen LogP contribution is -2.25. The standard InChI is InChI=1S/C10H12N5O5P/c11-10-12-2-5-9(14-10)15(4-13-5)8-1-6(16)7(20-8)3-19-21(17)18/h2,4,6-8,16H,1,3H2,(H2-,11,12,14,17,18)/p+1/t6-,7+,8+/m0/s1. The molecule has 10 nitrogen and oxygen atoms in total. The summed E-state index contributed by atoms with van der Waals surface area (Å²) in [6.45, 7) is -0.173. The predicted octanol–water partition coefficient (Wildman–Crippen LogP) is -0.277. The summed E-state index contributed by atoms with van der Waals surface area (Å²) in [5.41, 5.74) is 6.60. The fourth-order valence-electron chi connectivity index (χ4n) is 2.22. The Balaban J connectivity index is 1.80. The van der Waals surface area contributed by atoms with Crippen LogP contribution in [0.25, 0.3) is 11.2 Å². The van der Waals surface area contributed by atoms with Crippen LogP contribution in [0.5, 0.6) is 0 Å². The van der Waals surface area contributed by atoms with Crippen LogP contribution >= 0.6 is 8.25 Å². The van der Waals surface area contributed by atoms with Crippen LogP contribution in [0.4, 0.5) is 5.95 Å². The monoisotopic (exact) mass is 314 g/mol. The third-order valence-corrected chi connectivity index (χ3v) is 3.57. The molecule has 21 heavy (non-hydrogen) atoms. The Morgan fingerprint density at radius 1 is 1.57 bits per heavy atom. The van der Waals surface area contributed by atoms with Crippen LogP contribution in [0, 0.1) is 0 Å². The first-order chi connectivity index (χ1) is 10.0. The quantitative estimate of drug-likeness (QED) is 0.648. The second kappa shape index (κ2) is 5.58. The molecule has 3 rings (SSSR count). The Hall–Kier alpha value is -1.71. The van der Waals surface area contributed by atoms with Crippen LogP contribution < -0.4 is 5.73 Å². The first-order valence-corrected chi connectivity index (χ1v) is 7.25. The third kappa shape index (κ3) is 2.85. The minimum Gasteiger partial charge on any atom is -0.390 e. The Labute approximate surface area is 119 Å². The van der Waals surface area contributed by atoms with Gasteiger partial charge in [-0.25, -0.2) is 9.97 Å². The minimum atomic E-state index is -2.72. The first kappa shape index (κ1) is 14.2. The smallest absolute Gasteiger partial charge is 0.390 e. The summed E-state index contributed by atoms with van der Waals surface area (Å²) in [6.07, 6.45) is 1.28. The molecule has 0 spiro atoms. The van der Waals surface area contributed by atoms with Gasteiger partial charge in [0, 0.05) is 11.0 Å². The SMILES string of the molecule is Nc1ncc2ncn([C@H]3C[C@H](O)[C@@H](CO[P+](=O)O)O3)c2n1. The molecule has 0 radical (unpaired) electrons. The van der Waals surface area contributed by atoms with Gasteiger partial charge in [-0.15, -0.1) is 9.42 Å². The van der Waals surface area contributed by atoms with E-state index in [1.807, 2.05) is 0 Å². The van der Waals surface area contributed by atoms with Gasteiger partial charge in [-0.05, 0) is 0 Å². The van der Waals surface area contributed by atoms with Gasteiger partial charge in [0.25, 0.3) is 0 Å². The minimum absolute atomic E-state index is 0.111. The third-order valence-electron chi connectivity index (χ3n) is 3.20. The number of anilines is 1. The van der Waals surface area contributed by atoms with Crippen molar-refractivity contribution in [1.29, 1.82) is 0 Å². The summed E-state index contributed by atoms with van der Waals surface area (Å²) in [5, 5.41) is 9.93. The lowest BCUT2D eigenvalue weighted by atomic mass is 10.2. The Bertz CT molecular complexity index is 679. The van der Waals surface area contributed by atoms with Crippen molar-refractivity contribution in [2.75, 3.05) is 12.3 Å². The summed E-state index contributed by atoms with van der Waals surface area (Å²) in [7, 11) is -2.72. The highest BCUT2D eigenvalue weighted by Gasteiger charge is 2.37. The zero-order chi connectivity index (χ0) is 15.0. The number of fused-ring (bicyclic) bond motifs is 1. The summed E-state index contributed by atoms with van der Waals surface area (Å²) < 4.78 is 22.4. The van der Waals surface area contributed by atoms with E-state index in [0.29, 0.717) is 11.2 Å². The van der Waals surface area contributed by atoms with Gasteiger partial charge in [0.1, 0.15) is 24.5 Å². The molecule has 0 bridgehead atoms. The van der Waals surface area contributed by atoms with Gasteiger partial charge in [-0.3, -0.25) is 4.57 Å². The fourth-order valence-corrected chi connectivity index (χ4v) is 2.50. The van der Waals surface area contributed by atoms with Crippen LogP contribution in [0.1, 0.15) is 12.6 Å². The maximum atomic E-state index is 10.5. The number of rotatable bonds is 4. The van der Waals surface area contributed by atoms with Gasteiger partial charge in [0.05, 0.1) is 18.6 Å². The maximum Gasteiger partial charge on any atom is 0.694 e. The molecular weight excluding hydrogens is 301 g/mol. The van der Waals surface area contributed by atoms with E-state index in [0.717, 1.165) is 0 Å². The van der Waals surface area contributed by atoms with Crippen molar-refractivity contribution in [2.45, 2.75) is 24.9 Å². The van der Waals surface area contributed by atoms with Gasteiger partial charge in [-0.1, -0.05) is 0 Å². The van der Waals surface area contributed by atoms with Crippen molar-refractivity contribution in [3.05, 3.63) is 12.5 Å². The lowest BCUT2D eigenvalue weighted by molar-refractivity contribution is -0.0384. The number of nitrogens with zero attached hydrogens (tertiary/aromatic N) is 4. The first-order valence-electron chi connectivity index (χ1n) is 6.12. The number of aromatic nitrogens is 4. The molecule has 4 N–H and O–H groups in total. The molecule has 1 fully saturated rings. The molecule has 0 saturated carbocycles. The molecule has 112 valence electrons. The predicted molar refractivity (Wildman–Crippen MR) is 70.0 cm³/mol. The topological polar surface area (TPSA) is 146 Å². The summed E-state index contributed by atoms with van der Waals surface area (Å²) in [4.78, 5) is 20.7. The van der Waals surface area contributed by atoms with Crippen molar-refractivity contribution < 1.29 is 23.8 Å². The molecule has 1 unspecified atom stereocenters. The van der Waals surface area contributed by atoms with Crippen LogP contribution in [0.2, 0.25) is 0 Å². The molecule has 0 aliphatic carbocycles. The van der Waals surface area contributed by atoms with Gasteiger partial charge < -0.3 is 15.6 Å². The molecule has 11 heteroatoms. The average Bonchev–Trinajstić information content (AvgIpc) is 2.99. The zero-order valence-corrected chi connectivity index (χ0v) is 11.6. The van der Waals surface area contributed by atoms with Crippen molar-refractivity contribution in [3.63, 3.8) is 0 Å². The number of nitrogens with two attached hydrogens (primary N) is 1. The molecule has 1 saturated heterocycles. The normalized spacial score (nSPS) is 26.4. The van der Waals surface area contributed by atoms with E-state index < -0.39 is 26.7 Å². The molecule has 1 aliphatic heterocycles. The van der Waals surface area contributed by atoms with Crippen molar-refractivity contribution in [1.82, 2.24) is 19.5 Å². The molecule has 3 heterocycles. The maximum absolute atomic E-state index is 10.5. The average molecular weight is 314 g/mol. The molecular formula is C10H13N5O5P+. The number of aliphatic hydroxyl groups excluding tert-OH is 1. The van der Waals surface area contributed by atoms with Crippen LogP contribution in [0.3, 0.4) is 0 Å². The second-order valence-corrected chi connectivity index (χ2v) is 5.29. The zero-order valence-electron chi connectivity index (χ0n) is 10.7. The second-order valence-electron chi connectivity index (χ2n) is 4.55. The van der Waals surface area contributed by atoms with E-state index in [1.54, 1.807) is 4.57 Å². The number of hydrogen-bond acceptors (Lipinski definition) is 8. The fraction of sp³-hybridized carbons (Fsp3) is 0.500. The highest BCUT2D eigenvalue weighted by molar-refractivity contribution is 7.32. The highest BCUT2D eigenvalue weighted by Crippen LogP contribution is 2.32. The van der Waals surface area contributed by atoms with E-state index in [9.17, 15) is 9.67 Å². The van der Waals surface area contributed by atoms with E-state index in [4.69, 9.17) is 15.4 Å². The molecule has 2 aromatic heterocycles. The Morgan fingerprint density at radius 3 is 3.14 bits per heavy atom. The van der Waals surface area contributed by atoms with E-state index in [1.165, 1.54) is 12.5 Å². The van der Waals surface area contributed by atoms with Gasteiger partial charge in [0.15, 0.2) is 5.65 Å². The Kier molecular flexibility index (Phi) is 3.79. The number of aliphatic hydroxyl groups is 1. The van der Waals surface area contributed by atoms with Gasteiger partial charge in [-0.2, -0.15) is 4.98 Å². The molecule has 4 atom stereocenters. The van der Waals surface area contributed by atoms with Crippen molar-refractivity contribution in [3.8, 4) is 0 Å². The molecule has 0 amide bonds. The van der Waals surface area contributed by atoms with Crippen molar-refractivity contribution in [2.24, 2.45) is 0 Å². The molecule has 2 aromatic rings. The number of ether oxygens (including phenoxy) is 1. The number of imidazole rings is 1. The summed E-state index contributed by atoms with van der Waals surface area (Å²) in [6, 6.07) is 0. The summed E-state index contributed by atoms with van der Waals surface area (Å²) >= 11 is 0. The highest BCUT2D eigenvalue weighted by atomic mass is 31.1. The summed E-state index contributed by atoms with van der Waals surface area (Å²) in [5.74, 6) is 0.111. The van der Waals surface area contributed by atoms with E-state index in [2.05, 4.69) is 19.5 Å². The van der Waals surface area contributed by atoms with E-state index in [-0.39, 0.29) is 19.0 Å². The van der Waals surface area contributed by atoms with Crippen LogP contribution in [0.15, 0.2) is 12.5 Å². The molecule has 1 aliphatic rings. The van der Waals surface area contributed by atoms with Gasteiger partial charge >= 0.3 is 8.25 Å². The van der Waals surface area contributed by atoms with E-state index >= 15 is 0 Å². The van der Waals surface area contributed by atoms with Crippen LogP contribution in [-0.2, 0) is 13.8 Å².